The third kappa shape index (κ3) is 6.99. The zero-order chi connectivity index (χ0) is 36.3. The first-order valence-corrected chi connectivity index (χ1v) is 18.5. The number of benzene rings is 6. The molecule has 1 nitrogen and oxygen atoms in total. The van der Waals surface area contributed by atoms with Gasteiger partial charge < -0.3 is 0 Å². The lowest BCUT2D eigenvalue weighted by Gasteiger charge is -2.17. The van der Waals surface area contributed by atoms with Gasteiger partial charge in [-0.2, -0.15) is 0 Å². The van der Waals surface area contributed by atoms with Crippen LogP contribution in [0.3, 0.4) is 0 Å². The molecule has 0 saturated carbocycles. The van der Waals surface area contributed by atoms with Crippen LogP contribution in [0.4, 0.5) is 0 Å². The Morgan fingerprint density at radius 3 is 2.04 bits per heavy atom. The summed E-state index contributed by atoms with van der Waals surface area (Å²) in [5.41, 5.74) is 14.0. The van der Waals surface area contributed by atoms with Gasteiger partial charge in [-0.15, -0.1) is 0 Å². The maximum atomic E-state index is 5.31. The van der Waals surface area contributed by atoms with Crippen molar-refractivity contribution in [2.45, 2.75) is 27.2 Å². The highest BCUT2D eigenvalue weighted by Crippen LogP contribution is 2.40. The number of hydrogen-bond donors (Lipinski definition) is 0. The van der Waals surface area contributed by atoms with Crippen molar-refractivity contribution in [3.63, 3.8) is 0 Å². The van der Waals surface area contributed by atoms with E-state index in [2.05, 4.69) is 203 Å². The van der Waals surface area contributed by atoms with E-state index in [0.717, 1.165) is 45.3 Å². The van der Waals surface area contributed by atoms with Gasteiger partial charge in [0.2, 0.25) is 0 Å². The van der Waals surface area contributed by atoms with Gasteiger partial charge >= 0.3 is 0 Å². The van der Waals surface area contributed by atoms with E-state index in [9.17, 15) is 0 Å². The number of fused-ring (bicyclic) bond motifs is 3. The minimum Gasteiger partial charge on any atom is -0.248 e. The summed E-state index contributed by atoms with van der Waals surface area (Å²) in [4.78, 5) is 5.31. The normalized spacial score (nSPS) is 15.3. The van der Waals surface area contributed by atoms with Crippen LogP contribution in [0, 0.1) is 12.8 Å². The molecular formula is C52H43N. The molecule has 0 heterocycles. The van der Waals surface area contributed by atoms with E-state index in [1.165, 1.54) is 54.9 Å². The van der Waals surface area contributed by atoms with Crippen molar-refractivity contribution in [2.24, 2.45) is 10.9 Å². The van der Waals surface area contributed by atoms with Crippen molar-refractivity contribution < 1.29 is 0 Å². The molecule has 7 aromatic rings. The molecule has 1 heteroatoms. The Balaban J connectivity index is 1.30. The third-order valence-electron chi connectivity index (χ3n) is 10.7. The SMILES string of the molecule is C=C1CC(c2cc(-c3ccc(C(/N=c4/cccccc4C)=C(/C)c4ccccc4)cc3)cc(-c3cc4ccccc4c4ccccc34)c2)=CC=CC1C. The maximum absolute atomic E-state index is 5.31. The topological polar surface area (TPSA) is 12.4 Å². The summed E-state index contributed by atoms with van der Waals surface area (Å²) in [6.07, 6.45) is 7.57. The van der Waals surface area contributed by atoms with Gasteiger partial charge in [0.05, 0.1) is 11.1 Å². The molecule has 1 aliphatic rings. The van der Waals surface area contributed by atoms with Gasteiger partial charge in [-0.05, 0) is 128 Å². The lowest BCUT2D eigenvalue weighted by atomic mass is 9.87. The molecule has 53 heavy (non-hydrogen) atoms. The van der Waals surface area contributed by atoms with E-state index < -0.39 is 0 Å². The molecule has 8 rings (SSSR count). The summed E-state index contributed by atoms with van der Waals surface area (Å²) in [7, 11) is 0. The van der Waals surface area contributed by atoms with Crippen LogP contribution in [0.2, 0.25) is 0 Å². The highest BCUT2D eigenvalue weighted by molar-refractivity contribution is 6.14. The number of rotatable bonds is 6. The van der Waals surface area contributed by atoms with Gasteiger partial charge in [-0.1, -0.05) is 165 Å². The second kappa shape index (κ2) is 14.7. The monoisotopic (exact) mass is 681 g/mol. The zero-order valence-corrected chi connectivity index (χ0v) is 30.7. The molecule has 256 valence electrons. The fraction of sp³-hybridized carbons (Fsp3) is 0.0962. The van der Waals surface area contributed by atoms with Crippen LogP contribution < -0.4 is 5.36 Å². The maximum Gasteiger partial charge on any atom is 0.0744 e. The van der Waals surface area contributed by atoms with Gasteiger partial charge in [-0.3, -0.25) is 0 Å². The van der Waals surface area contributed by atoms with Crippen LogP contribution in [0.25, 0.3) is 60.6 Å². The van der Waals surface area contributed by atoms with Crippen molar-refractivity contribution in [1.29, 1.82) is 0 Å². The zero-order valence-electron chi connectivity index (χ0n) is 30.7. The van der Waals surface area contributed by atoms with Gasteiger partial charge in [0.15, 0.2) is 0 Å². The predicted molar refractivity (Wildman–Crippen MR) is 228 cm³/mol. The number of aryl methyl sites for hydroxylation is 1. The van der Waals surface area contributed by atoms with Crippen LogP contribution >= 0.6 is 0 Å². The summed E-state index contributed by atoms with van der Waals surface area (Å²) in [6.45, 7) is 11.0. The summed E-state index contributed by atoms with van der Waals surface area (Å²) in [5.74, 6) is 0.345. The second-order valence-electron chi connectivity index (χ2n) is 14.2. The van der Waals surface area contributed by atoms with E-state index >= 15 is 0 Å². The Labute approximate surface area is 313 Å². The predicted octanol–water partition coefficient (Wildman–Crippen LogP) is 13.7. The minimum absolute atomic E-state index is 0.345. The molecule has 0 amide bonds. The second-order valence-corrected chi connectivity index (χ2v) is 14.2. The van der Waals surface area contributed by atoms with Gasteiger partial charge in [0.1, 0.15) is 0 Å². The third-order valence-corrected chi connectivity index (χ3v) is 10.7. The lowest BCUT2D eigenvalue weighted by molar-refractivity contribution is 0.847. The summed E-state index contributed by atoms with van der Waals surface area (Å²) in [5, 5.41) is 6.02. The summed E-state index contributed by atoms with van der Waals surface area (Å²) >= 11 is 0. The largest absolute Gasteiger partial charge is 0.248 e. The van der Waals surface area contributed by atoms with Crippen molar-refractivity contribution in [1.82, 2.24) is 0 Å². The van der Waals surface area contributed by atoms with Gasteiger partial charge in [0, 0.05) is 5.56 Å². The van der Waals surface area contributed by atoms with E-state index in [1.807, 2.05) is 0 Å². The first-order chi connectivity index (χ1) is 25.9. The molecule has 1 aliphatic carbocycles. The Bertz CT molecular complexity index is 2670. The van der Waals surface area contributed by atoms with Crippen LogP contribution in [-0.4, -0.2) is 0 Å². The van der Waals surface area contributed by atoms with Crippen molar-refractivity contribution >= 4 is 38.4 Å². The molecule has 0 fully saturated rings. The van der Waals surface area contributed by atoms with Gasteiger partial charge in [0.25, 0.3) is 0 Å². The molecule has 0 radical (unpaired) electrons. The molecule has 0 N–H and O–H groups in total. The van der Waals surface area contributed by atoms with Crippen molar-refractivity contribution in [2.75, 3.05) is 0 Å². The lowest BCUT2D eigenvalue weighted by Crippen LogP contribution is -2.04. The standard InChI is InChI=1S/C52H43N/c1-35-17-15-21-42(30-37(35)3)45-31-44(32-46(33-45)50-34-43-20-11-12-22-47(43)48-23-13-14-24-49(48)50)40-26-28-41(29-27-40)52(38(4)39-18-8-6-9-19-39)53-51-25-10-5-7-16-36(51)2/h5-29,31-35H,3,30H2,1-2,4H3/b52-38+,53-51-. The molecule has 0 aromatic heterocycles. The molecule has 0 bridgehead atoms. The fourth-order valence-corrected chi connectivity index (χ4v) is 7.45. The first-order valence-electron chi connectivity index (χ1n) is 18.5. The number of hydrogen-bond acceptors (Lipinski definition) is 1. The molecule has 1 atom stereocenters. The Morgan fingerprint density at radius 2 is 1.25 bits per heavy atom. The van der Waals surface area contributed by atoms with E-state index in [4.69, 9.17) is 4.99 Å². The summed E-state index contributed by atoms with van der Waals surface area (Å²) < 4.78 is 0. The summed E-state index contributed by atoms with van der Waals surface area (Å²) in [6, 6.07) is 56.9. The van der Waals surface area contributed by atoms with E-state index in [-0.39, 0.29) is 0 Å². The molecular weight excluding hydrogens is 639 g/mol. The quantitative estimate of drug-likeness (QED) is 0.0941. The Hall–Kier alpha value is -6.31. The molecule has 0 aliphatic heterocycles. The molecule has 7 aromatic carbocycles. The molecule has 1 unspecified atom stereocenters. The average molecular weight is 682 g/mol. The van der Waals surface area contributed by atoms with Crippen molar-refractivity contribution in [3.05, 3.63) is 216 Å². The highest BCUT2D eigenvalue weighted by Gasteiger charge is 2.16. The van der Waals surface area contributed by atoms with Gasteiger partial charge in [-0.25, -0.2) is 4.99 Å². The Kier molecular flexibility index (Phi) is 9.40. The molecule has 0 saturated heterocycles. The number of nitrogens with zero attached hydrogens (tertiary/aromatic N) is 1. The Morgan fingerprint density at radius 1 is 0.604 bits per heavy atom. The first kappa shape index (κ1) is 33.8. The minimum atomic E-state index is 0.345. The molecule has 0 spiro atoms. The van der Waals surface area contributed by atoms with Crippen LogP contribution in [-0.2, 0) is 0 Å². The average Bonchev–Trinajstić information content (AvgIpc) is 3.52. The van der Waals surface area contributed by atoms with Crippen molar-refractivity contribution in [3.8, 4) is 22.3 Å². The van der Waals surface area contributed by atoms with E-state index in [1.54, 1.807) is 0 Å². The van der Waals surface area contributed by atoms with Crippen LogP contribution in [0.5, 0.6) is 0 Å². The smallest absolute Gasteiger partial charge is 0.0744 e. The number of allylic oxidation sites excluding steroid dienone is 6. The fourth-order valence-electron chi connectivity index (χ4n) is 7.45. The van der Waals surface area contributed by atoms with Crippen LogP contribution in [0.15, 0.2) is 193 Å². The highest BCUT2D eigenvalue weighted by atomic mass is 14.7. The van der Waals surface area contributed by atoms with E-state index in [0.29, 0.717) is 5.92 Å². The van der Waals surface area contributed by atoms with Crippen LogP contribution in [0.1, 0.15) is 42.5 Å².